The van der Waals surface area contributed by atoms with Crippen LogP contribution in [0.4, 0.5) is 15.8 Å². The van der Waals surface area contributed by atoms with Gasteiger partial charge in [0.25, 0.3) is 5.56 Å². The lowest BCUT2D eigenvalue weighted by Gasteiger charge is -2.14. The van der Waals surface area contributed by atoms with Crippen molar-refractivity contribution in [3.8, 4) is 0 Å². The highest BCUT2D eigenvalue weighted by atomic mass is 19.1. The van der Waals surface area contributed by atoms with Crippen LogP contribution in [-0.4, -0.2) is 31.1 Å². The van der Waals surface area contributed by atoms with Crippen LogP contribution >= 0.6 is 0 Å². The van der Waals surface area contributed by atoms with E-state index in [9.17, 15) is 18.8 Å². The minimum absolute atomic E-state index is 0.0938. The molecule has 162 valence electrons. The molecule has 4 rings (SSSR count). The topological polar surface area (TPSA) is 111 Å². The second kappa shape index (κ2) is 8.80. The Morgan fingerprint density at radius 3 is 2.62 bits per heavy atom. The third-order valence-corrected chi connectivity index (χ3v) is 4.82. The Labute approximate surface area is 181 Å². The number of amides is 2. The van der Waals surface area contributed by atoms with Crippen molar-refractivity contribution in [3.63, 3.8) is 0 Å². The smallest absolute Gasteiger partial charge is 0.261 e. The number of nitrogens with zero attached hydrogens (tertiary/aromatic N) is 4. The Kier molecular flexibility index (Phi) is 5.75. The van der Waals surface area contributed by atoms with Crippen LogP contribution in [0.2, 0.25) is 0 Å². The maximum atomic E-state index is 13.5. The molecule has 0 aliphatic carbocycles. The summed E-state index contributed by atoms with van der Waals surface area (Å²) in [4.78, 5) is 41.5. The molecule has 0 aliphatic rings. The second-order valence-electron chi connectivity index (χ2n) is 7.12. The normalized spacial score (nSPS) is 11.8. The zero-order chi connectivity index (χ0) is 22.7. The van der Waals surface area contributed by atoms with E-state index in [1.165, 1.54) is 23.1 Å². The summed E-state index contributed by atoms with van der Waals surface area (Å²) in [5.41, 5.74) is 0.762. The molecular formula is C22H19FN6O3. The maximum absolute atomic E-state index is 13.5. The number of carbonyl (C=O) groups is 2. The van der Waals surface area contributed by atoms with Gasteiger partial charge in [-0.1, -0.05) is 6.07 Å². The third kappa shape index (κ3) is 4.53. The number of anilines is 2. The van der Waals surface area contributed by atoms with Crippen LogP contribution < -0.4 is 16.2 Å². The summed E-state index contributed by atoms with van der Waals surface area (Å²) >= 11 is 0. The number of rotatable bonds is 6. The van der Waals surface area contributed by atoms with Crippen molar-refractivity contribution in [2.24, 2.45) is 0 Å². The van der Waals surface area contributed by atoms with Gasteiger partial charge in [-0.25, -0.2) is 9.37 Å². The van der Waals surface area contributed by atoms with E-state index in [4.69, 9.17) is 0 Å². The molecule has 0 saturated carbocycles. The lowest BCUT2D eigenvalue weighted by atomic mass is 10.2. The quantitative estimate of drug-likeness (QED) is 0.485. The van der Waals surface area contributed by atoms with Gasteiger partial charge < -0.3 is 10.6 Å². The van der Waals surface area contributed by atoms with Gasteiger partial charge in [-0.2, -0.15) is 5.10 Å². The van der Waals surface area contributed by atoms with Gasteiger partial charge in [0.05, 0.1) is 17.2 Å². The molecular weight excluding hydrogens is 415 g/mol. The van der Waals surface area contributed by atoms with E-state index in [1.807, 2.05) is 0 Å². The predicted octanol–water partition coefficient (Wildman–Crippen LogP) is 2.57. The number of benzene rings is 2. The fourth-order valence-electron chi connectivity index (χ4n) is 3.15. The first-order valence-electron chi connectivity index (χ1n) is 9.75. The molecule has 0 fully saturated rings. The SMILES string of the molecule is CC(C(=O)Nc1cccc(NC(=O)Cn2cnc3ccc(F)cc3c2=O)c1)n1cccn1. The average molecular weight is 434 g/mol. The van der Waals surface area contributed by atoms with Gasteiger partial charge in [0, 0.05) is 23.8 Å². The fourth-order valence-corrected chi connectivity index (χ4v) is 3.15. The number of aromatic nitrogens is 4. The van der Waals surface area contributed by atoms with E-state index in [2.05, 4.69) is 20.7 Å². The Hall–Kier alpha value is -4.34. The number of hydrogen-bond acceptors (Lipinski definition) is 5. The summed E-state index contributed by atoms with van der Waals surface area (Å²) in [7, 11) is 0. The predicted molar refractivity (Wildman–Crippen MR) is 117 cm³/mol. The van der Waals surface area contributed by atoms with Gasteiger partial charge in [-0.15, -0.1) is 0 Å². The van der Waals surface area contributed by atoms with E-state index < -0.39 is 23.3 Å². The highest BCUT2D eigenvalue weighted by Crippen LogP contribution is 2.17. The summed E-state index contributed by atoms with van der Waals surface area (Å²) in [6, 6.07) is 11.6. The summed E-state index contributed by atoms with van der Waals surface area (Å²) in [5, 5.41) is 9.60. The van der Waals surface area contributed by atoms with Crippen molar-refractivity contribution in [2.75, 3.05) is 10.6 Å². The highest BCUT2D eigenvalue weighted by molar-refractivity contribution is 5.95. The molecule has 0 radical (unpaired) electrons. The van der Waals surface area contributed by atoms with Crippen molar-refractivity contribution >= 4 is 34.1 Å². The van der Waals surface area contributed by atoms with Crippen LogP contribution in [0.3, 0.4) is 0 Å². The van der Waals surface area contributed by atoms with Gasteiger partial charge in [0.1, 0.15) is 18.4 Å². The van der Waals surface area contributed by atoms with Crippen LogP contribution in [0.5, 0.6) is 0 Å². The molecule has 2 N–H and O–H groups in total. The molecule has 0 bridgehead atoms. The first kappa shape index (κ1) is 20.9. The van der Waals surface area contributed by atoms with E-state index >= 15 is 0 Å². The van der Waals surface area contributed by atoms with Crippen LogP contribution in [0.15, 0.2) is 72.0 Å². The lowest BCUT2D eigenvalue weighted by Crippen LogP contribution is -2.28. The molecule has 1 atom stereocenters. The van der Waals surface area contributed by atoms with E-state index in [0.717, 1.165) is 10.6 Å². The molecule has 10 heteroatoms. The molecule has 2 heterocycles. The number of halogens is 1. The molecule has 2 amide bonds. The van der Waals surface area contributed by atoms with E-state index in [1.54, 1.807) is 49.6 Å². The monoisotopic (exact) mass is 434 g/mol. The third-order valence-electron chi connectivity index (χ3n) is 4.82. The summed E-state index contributed by atoms with van der Waals surface area (Å²) < 4.78 is 16.1. The zero-order valence-electron chi connectivity index (χ0n) is 17.0. The van der Waals surface area contributed by atoms with Gasteiger partial charge in [0.15, 0.2) is 0 Å². The van der Waals surface area contributed by atoms with Crippen LogP contribution in [0.25, 0.3) is 10.9 Å². The second-order valence-corrected chi connectivity index (χ2v) is 7.12. The average Bonchev–Trinajstić information content (AvgIpc) is 3.30. The standard InChI is InChI=1S/C22H19FN6O3/c1-14(29-9-3-8-25-29)21(31)27-17-5-2-4-16(11-17)26-20(30)12-28-13-24-19-7-6-15(23)10-18(19)22(28)32/h2-11,13-14H,12H2,1H3,(H,26,30)(H,27,31). The number of nitrogens with one attached hydrogen (secondary N) is 2. The zero-order valence-corrected chi connectivity index (χ0v) is 17.0. The van der Waals surface area contributed by atoms with Crippen LogP contribution in [0.1, 0.15) is 13.0 Å². The van der Waals surface area contributed by atoms with E-state index in [0.29, 0.717) is 16.9 Å². The van der Waals surface area contributed by atoms with Gasteiger partial charge >= 0.3 is 0 Å². The minimum Gasteiger partial charge on any atom is -0.324 e. The van der Waals surface area contributed by atoms with E-state index in [-0.39, 0.29) is 17.8 Å². The van der Waals surface area contributed by atoms with Crippen LogP contribution in [-0.2, 0) is 16.1 Å². The Morgan fingerprint density at radius 1 is 1.09 bits per heavy atom. The summed E-state index contributed by atoms with van der Waals surface area (Å²) in [6.45, 7) is 1.42. The van der Waals surface area contributed by atoms with Gasteiger partial charge in [-0.05, 0) is 49.4 Å². The largest absolute Gasteiger partial charge is 0.324 e. The van der Waals surface area contributed by atoms with Crippen molar-refractivity contribution < 1.29 is 14.0 Å². The highest BCUT2D eigenvalue weighted by Gasteiger charge is 2.15. The maximum Gasteiger partial charge on any atom is 0.261 e. The molecule has 0 aliphatic heterocycles. The molecule has 1 unspecified atom stereocenters. The summed E-state index contributed by atoms with van der Waals surface area (Å²) in [6.07, 6.45) is 4.53. The minimum atomic E-state index is -0.556. The number of hydrogen-bond donors (Lipinski definition) is 2. The molecule has 2 aromatic carbocycles. The molecule has 0 spiro atoms. The molecule has 9 nitrogen and oxygen atoms in total. The molecule has 0 saturated heterocycles. The Bertz CT molecular complexity index is 1350. The summed E-state index contributed by atoms with van der Waals surface area (Å²) in [5.74, 6) is -1.30. The lowest BCUT2D eigenvalue weighted by molar-refractivity contribution is -0.119. The Balaban J connectivity index is 1.44. The van der Waals surface area contributed by atoms with Crippen molar-refractivity contribution in [2.45, 2.75) is 19.5 Å². The number of fused-ring (bicyclic) bond motifs is 1. The van der Waals surface area contributed by atoms with Crippen molar-refractivity contribution in [1.82, 2.24) is 19.3 Å². The molecule has 4 aromatic rings. The molecule has 32 heavy (non-hydrogen) atoms. The van der Waals surface area contributed by atoms with Crippen molar-refractivity contribution in [3.05, 3.63) is 83.4 Å². The Morgan fingerprint density at radius 2 is 1.88 bits per heavy atom. The first-order chi connectivity index (χ1) is 15.4. The van der Waals surface area contributed by atoms with Crippen LogP contribution in [0, 0.1) is 5.82 Å². The fraction of sp³-hybridized carbons (Fsp3) is 0.136. The van der Waals surface area contributed by atoms with Gasteiger partial charge in [0.2, 0.25) is 11.8 Å². The first-order valence-corrected chi connectivity index (χ1v) is 9.75. The molecule has 2 aromatic heterocycles. The number of carbonyl (C=O) groups excluding carboxylic acids is 2. The van der Waals surface area contributed by atoms with Gasteiger partial charge in [-0.3, -0.25) is 23.6 Å². The van der Waals surface area contributed by atoms with Crippen molar-refractivity contribution in [1.29, 1.82) is 0 Å².